The van der Waals surface area contributed by atoms with E-state index in [1.165, 1.54) is 244 Å². The van der Waals surface area contributed by atoms with Crippen LogP contribution in [0.2, 0.25) is 0 Å². The number of carbonyl (C=O) groups excluding carboxylic acids is 4. The predicted octanol–water partition coefficient (Wildman–Crippen LogP) is 24.9. The lowest BCUT2D eigenvalue weighted by Crippen LogP contribution is -2.30. The Morgan fingerprint density at radius 3 is 0.667 bits per heavy atom. The predicted molar refractivity (Wildman–Crippen MR) is 418 cm³/mol. The van der Waals surface area contributed by atoms with Crippen LogP contribution in [0.5, 0.6) is 0 Å². The molecule has 17 nitrogen and oxygen atoms in total. The van der Waals surface area contributed by atoms with Gasteiger partial charge in [0.25, 0.3) is 0 Å². The van der Waals surface area contributed by atoms with Crippen molar-refractivity contribution in [1.29, 1.82) is 0 Å². The molecule has 0 aromatic rings. The Bertz CT molecular complexity index is 1970. The third-order valence-corrected chi connectivity index (χ3v) is 21.3. The zero-order valence-corrected chi connectivity index (χ0v) is 68.9. The largest absolute Gasteiger partial charge is 0.472 e. The Balaban J connectivity index is 5.27. The van der Waals surface area contributed by atoms with E-state index in [9.17, 15) is 43.2 Å². The SMILES string of the molecule is CCCCCCCCCCCCCCCCC(=O)O[C@H](COC(=O)CCCCCCCCCCCCC(C)C)COP(=O)(O)OC[C@H](O)COP(=O)(O)OC[C@@H](COC(=O)CCCCCCCCCCCCCCCCC(C)C)OC(=O)CCCCCCCCCCCCCCCCCC(C)C. The van der Waals surface area contributed by atoms with Crippen LogP contribution in [0.4, 0.5) is 0 Å². The van der Waals surface area contributed by atoms with E-state index in [1.807, 2.05) is 0 Å². The molecule has 0 aliphatic heterocycles. The van der Waals surface area contributed by atoms with Crippen molar-refractivity contribution in [3.63, 3.8) is 0 Å². The van der Waals surface area contributed by atoms with Gasteiger partial charge >= 0.3 is 39.5 Å². The Labute approximate surface area is 626 Å². The second kappa shape index (κ2) is 73.2. The van der Waals surface area contributed by atoms with Crippen molar-refractivity contribution in [2.75, 3.05) is 39.6 Å². The summed E-state index contributed by atoms with van der Waals surface area (Å²) < 4.78 is 68.8. The number of carbonyl (C=O) groups is 4. The summed E-state index contributed by atoms with van der Waals surface area (Å²) in [5.41, 5.74) is 0. The van der Waals surface area contributed by atoms with E-state index in [-0.39, 0.29) is 25.7 Å². The lowest BCUT2D eigenvalue weighted by Gasteiger charge is -2.21. The molecule has 0 fully saturated rings. The molecule has 0 aliphatic rings. The van der Waals surface area contributed by atoms with E-state index in [2.05, 4.69) is 48.5 Å². The molecule has 19 heteroatoms. The van der Waals surface area contributed by atoms with Crippen LogP contribution in [0.15, 0.2) is 0 Å². The quantitative estimate of drug-likeness (QED) is 0.0222. The molecule has 0 saturated carbocycles. The van der Waals surface area contributed by atoms with Crippen LogP contribution in [0.1, 0.15) is 434 Å². The zero-order valence-electron chi connectivity index (χ0n) is 67.1. The highest BCUT2D eigenvalue weighted by molar-refractivity contribution is 7.47. The smallest absolute Gasteiger partial charge is 0.462 e. The highest BCUT2D eigenvalue weighted by Crippen LogP contribution is 2.45. The van der Waals surface area contributed by atoms with Crippen molar-refractivity contribution in [3.05, 3.63) is 0 Å². The molecular weight excluding hydrogens is 1330 g/mol. The number of rotatable bonds is 81. The molecule has 606 valence electrons. The standard InChI is InChI=1S/C83H162O17P2/c1-8-9-10-11-12-13-14-15-23-29-38-45-52-59-66-82(87)100-79(71-94-81(86)65-58-51-44-37-32-31-35-42-49-56-63-76(6)7)73-98-102(91,92)96-69-77(84)68-95-101(89,90)97-72-78(70-93-80(85)64-57-50-43-36-28-24-20-19-22-27-34-41-48-55-62-75(4)5)99-83(88)67-60-53-46-39-30-25-18-16-17-21-26-33-40-47-54-61-74(2)3/h74-79,84H,8-73H2,1-7H3,(H,89,90)(H,91,92)/t77-,78-,79-/m1/s1. The minimum absolute atomic E-state index is 0.108. The minimum Gasteiger partial charge on any atom is -0.462 e. The van der Waals surface area contributed by atoms with Crippen LogP contribution >= 0.6 is 15.6 Å². The second-order valence-corrected chi connectivity index (χ2v) is 34.2. The molecule has 0 rings (SSSR count). The van der Waals surface area contributed by atoms with Crippen LogP contribution in [0.25, 0.3) is 0 Å². The summed E-state index contributed by atoms with van der Waals surface area (Å²) in [6.45, 7) is 12.0. The maximum Gasteiger partial charge on any atom is 0.472 e. The first-order valence-corrected chi connectivity index (χ1v) is 45.8. The molecule has 0 spiro atoms. The molecular formula is C83H162O17P2. The van der Waals surface area contributed by atoms with Gasteiger partial charge in [-0.15, -0.1) is 0 Å². The lowest BCUT2D eigenvalue weighted by molar-refractivity contribution is -0.161. The molecule has 0 aromatic heterocycles. The summed E-state index contributed by atoms with van der Waals surface area (Å²) >= 11 is 0. The van der Waals surface area contributed by atoms with Gasteiger partial charge in [0.1, 0.15) is 19.3 Å². The van der Waals surface area contributed by atoms with Crippen molar-refractivity contribution in [2.45, 2.75) is 452 Å². The van der Waals surface area contributed by atoms with Crippen molar-refractivity contribution >= 4 is 39.5 Å². The first-order valence-electron chi connectivity index (χ1n) is 42.8. The fourth-order valence-electron chi connectivity index (χ4n) is 12.8. The van der Waals surface area contributed by atoms with E-state index < -0.39 is 97.5 Å². The normalized spacial score (nSPS) is 13.9. The van der Waals surface area contributed by atoms with E-state index in [1.54, 1.807) is 0 Å². The summed E-state index contributed by atoms with van der Waals surface area (Å²) in [7, 11) is -9.93. The van der Waals surface area contributed by atoms with Crippen molar-refractivity contribution in [1.82, 2.24) is 0 Å². The molecule has 3 N–H and O–H groups in total. The van der Waals surface area contributed by atoms with Gasteiger partial charge in [0.2, 0.25) is 0 Å². The number of aliphatic hydroxyl groups is 1. The first kappa shape index (κ1) is 100. The van der Waals surface area contributed by atoms with Gasteiger partial charge in [0.05, 0.1) is 26.4 Å². The van der Waals surface area contributed by atoms with Crippen LogP contribution in [0.3, 0.4) is 0 Å². The van der Waals surface area contributed by atoms with E-state index in [4.69, 9.17) is 37.0 Å². The summed E-state index contributed by atoms with van der Waals surface area (Å²) in [5.74, 6) is 0.255. The van der Waals surface area contributed by atoms with Gasteiger partial charge in [0.15, 0.2) is 12.2 Å². The third kappa shape index (κ3) is 76.3. The zero-order chi connectivity index (χ0) is 75.1. The van der Waals surface area contributed by atoms with Crippen LogP contribution in [-0.4, -0.2) is 96.7 Å². The average molecular weight is 1490 g/mol. The Kier molecular flexibility index (Phi) is 71.8. The number of phosphoric acid groups is 2. The second-order valence-electron chi connectivity index (χ2n) is 31.3. The molecule has 0 amide bonds. The van der Waals surface area contributed by atoms with E-state index >= 15 is 0 Å². The van der Waals surface area contributed by atoms with Gasteiger partial charge < -0.3 is 33.8 Å². The van der Waals surface area contributed by atoms with E-state index in [0.717, 1.165) is 108 Å². The third-order valence-electron chi connectivity index (χ3n) is 19.4. The number of ether oxygens (including phenoxy) is 4. The lowest BCUT2D eigenvalue weighted by atomic mass is 10.0. The molecule has 0 heterocycles. The highest BCUT2D eigenvalue weighted by Gasteiger charge is 2.30. The number of unbranched alkanes of at least 4 members (excludes halogenated alkanes) is 49. The fraction of sp³-hybridized carbons (Fsp3) is 0.952. The van der Waals surface area contributed by atoms with Gasteiger partial charge in [-0.1, -0.05) is 382 Å². The highest BCUT2D eigenvalue weighted by atomic mass is 31.2. The molecule has 0 aromatic carbocycles. The summed E-state index contributed by atoms with van der Waals surface area (Å²) in [6.07, 6.45) is 62.3. The number of hydrogen-bond donors (Lipinski definition) is 3. The molecule has 5 atom stereocenters. The number of hydrogen-bond acceptors (Lipinski definition) is 15. The monoisotopic (exact) mass is 1490 g/mol. The van der Waals surface area contributed by atoms with E-state index in [0.29, 0.717) is 25.7 Å². The van der Waals surface area contributed by atoms with Crippen LogP contribution in [-0.2, 0) is 65.4 Å². The molecule has 0 bridgehead atoms. The van der Waals surface area contributed by atoms with Gasteiger partial charge in [0, 0.05) is 25.7 Å². The maximum atomic E-state index is 13.1. The van der Waals surface area contributed by atoms with Crippen LogP contribution < -0.4 is 0 Å². The summed E-state index contributed by atoms with van der Waals surface area (Å²) in [5, 5.41) is 10.7. The van der Waals surface area contributed by atoms with Gasteiger partial charge in [-0.05, 0) is 43.4 Å². The van der Waals surface area contributed by atoms with Gasteiger partial charge in [-0.2, -0.15) is 0 Å². The fourth-order valence-corrected chi connectivity index (χ4v) is 14.4. The number of aliphatic hydroxyl groups excluding tert-OH is 1. The molecule has 102 heavy (non-hydrogen) atoms. The van der Waals surface area contributed by atoms with Crippen molar-refractivity contribution in [3.8, 4) is 0 Å². The average Bonchev–Trinajstić information content (AvgIpc) is 0.944. The Morgan fingerprint density at radius 2 is 0.451 bits per heavy atom. The molecule has 0 saturated heterocycles. The maximum absolute atomic E-state index is 13.1. The van der Waals surface area contributed by atoms with Crippen LogP contribution in [0, 0.1) is 17.8 Å². The molecule has 2 unspecified atom stereocenters. The number of esters is 4. The Hall–Kier alpha value is -1.94. The molecule has 0 radical (unpaired) electrons. The topological polar surface area (TPSA) is 237 Å². The Morgan fingerprint density at radius 1 is 0.265 bits per heavy atom. The first-order chi connectivity index (χ1) is 49.2. The van der Waals surface area contributed by atoms with Gasteiger partial charge in [-0.25, -0.2) is 9.13 Å². The molecule has 0 aliphatic carbocycles. The summed E-state index contributed by atoms with van der Waals surface area (Å²) in [6, 6.07) is 0. The minimum atomic E-state index is -4.96. The van der Waals surface area contributed by atoms with Gasteiger partial charge in [-0.3, -0.25) is 37.3 Å². The van der Waals surface area contributed by atoms with Crippen molar-refractivity contribution in [2.24, 2.45) is 17.8 Å². The summed E-state index contributed by atoms with van der Waals surface area (Å²) in [4.78, 5) is 73.2. The number of phosphoric ester groups is 2. The van der Waals surface area contributed by atoms with Crippen molar-refractivity contribution < 1.29 is 80.2 Å².